The van der Waals surface area contributed by atoms with E-state index in [-0.39, 0.29) is 11.5 Å². The van der Waals surface area contributed by atoms with Gasteiger partial charge in [0.2, 0.25) is 0 Å². The van der Waals surface area contributed by atoms with Gasteiger partial charge in [-0.25, -0.2) is 9.78 Å². The molecule has 0 radical (unpaired) electrons. The number of hydrogen-bond acceptors (Lipinski definition) is 3. The highest BCUT2D eigenvalue weighted by Crippen LogP contribution is 2.18. The second-order valence-corrected chi connectivity index (χ2v) is 3.93. The zero-order valence-corrected chi connectivity index (χ0v) is 9.14. The lowest BCUT2D eigenvalue weighted by Crippen LogP contribution is -2.02. The van der Waals surface area contributed by atoms with Crippen LogP contribution in [0.3, 0.4) is 0 Å². The Bertz CT molecular complexity index is 550. The maximum absolute atomic E-state index is 11.0. The summed E-state index contributed by atoms with van der Waals surface area (Å²) in [5, 5.41) is 9.04. The molecule has 0 fully saturated rings. The Morgan fingerprint density at radius 1 is 1.38 bits per heavy atom. The van der Waals surface area contributed by atoms with E-state index in [4.69, 9.17) is 5.11 Å². The molecule has 4 heteroatoms. The molecule has 16 heavy (non-hydrogen) atoms. The van der Waals surface area contributed by atoms with Crippen molar-refractivity contribution in [1.82, 2.24) is 9.97 Å². The summed E-state index contributed by atoms with van der Waals surface area (Å²) < 4.78 is 0. The van der Waals surface area contributed by atoms with Crippen molar-refractivity contribution in [2.75, 3.05) is 0 Å². The molecule has 0 aliphatic heterocycles. The van der Waals surface area contributed by atoms with Crippen LogP contribution in [-0.4, -0.2) is 21.0 Å². The second-order valence-electron chi connectivity index (χ2n) is 3.93. The van der Waals surface area contributed by atoms with E-state index in [0.717, 1.165) is 5.69 Å². The van der Waals surface area contributed by atoms with Crippen LogP contribution in [0.15, 0.2) is 24.4 Å². The molecule has 4 nitrogen and oxygen atoms in total. The zero-order chi connectivity index (χ0) is 11.7. The summed E-state index contributed by atoms with van der Waals surface area (Å²) in [4.78, 5) is 19.6. The van der Waals surface area contributed by atoms with E-state index in [2.05, 4.69) is 9.97 Å². The number of carboxylic acids is 1. The number of rotatable bonds is 2. The molecular weight excluding hydrogens is 204 g/mol. The second kappa shape index (κ2) is 3.89. The zero-order valence-electron chi connectivity index (χ0n) is 9.14. The van der Waals surface area contributed by atoms with Crippen LogP contribution in [0.5, 0.6) is 0 Å². The maximum atomic E-state index is 11.0. The van der Waals surface area contributed by atoms with Crippen molar-refractivity contribution in [2.24, 2.45) is 0 Å². The lowest BCUT2D eigenvalue weighted by molar-refractivity contribution is 0.0699. The maximum Gasteiger partial charge on any atom is 0.337 e. The van der Waals surface area contributed by atoms with Crippen LogP contribution in [0.4, 0.5) is 0 Å². The first-order valence-electron chi connectivity index (χ1n) is 5.08. The third kappa shape index (κ3) is 1.74. The van der Waals surface area contributed by atoms with Gasteiger partial charge in [0.25, 0.3) is 0 Å². The Kier molecular flexibility index (Phi) is 2.56. The van der Waals surface area contributed by atoms with E-state index >= 15 is 0 Å². The molecule has 2 rings (SSSR count). The van der Waals surface area contributed by atoms with Gasteiger partial charge in [-0.3, -0.25) is 4.98 Å². The van der Waals surface area contributed by atoms with Gasteiger partial charge in [0.1, 0.15) is 5.52 Å². The van der Waals surface area contributed by atoms with Gasteiger partial charge in [0, 0.05) is 6.20 Å². The Labute approximate surface area is 93.0 Å². The predicted octanol–water partition coefficient (Wildman–Crippen LogP) is 2.45. The van der Waals surface area contributed by atoms with Crippen molar-refractivity contribution in [3.05, 3.63) is 35.7 Å². The first-order valence-corrected chi connectivity index (χ1v) is 5.08. The van der Waals surface area contributed by atoms with E-state index in [1.165, 1.54) is 0 Å². The Balaban J connectivity index is 2.73. The molecule has 2 aromatic rings. The quantitative estimate of drug-likeness (QED) is 0.837. The lowest BCUT2D eigenvalue weighted by Gasteiger charge is -2.06. The average molecular weight is 216 g/mol. The highest BCUT2D eigenvalue weighted by Gasteiger charge is 2.11. The number of hydrogen-bond donors (Lipinski definition) is 1. The van der Waals surface area contributed by atoms with Crippen molar-refractivity contribution in [3.8, 4) is 0 Å². The van der Waals surface area contributed by atoms with Crippen LogP contribution in [-0.2, 0) is 0 Å². The minimum atomic E-state index is -0.971. The molecule has 0 bridgehead atoms. The summed E-state index contributed by atoms with van der Waals surface area (Å²) in [5.41, 5.74) is 2.08. The molecule has 1 heterocycles. The van der Waals surface area contributed by atoms with Gasteiger partial charge in [-0.2, -0.15) is 0 Å². The third-order valence-electron chi connectivity index (χ3n) is 2.41. The van der Waals surface area contributed by atoms with Gasteiger partial charge in [-0.1, -0.05) is 19.9 Å². The van der Waals surface area contributed by atoms with Crippen LogP contribution in [0.2, 0.25) is 0 Å². The van der Waals surface area contributed by atoms with Crippen molar-refractivity contribution < 1.29 is 9.90 Å². The molecule has 0 spiro atoms. The van der Waals surface area contributed by atoms with Crippen LogP contribution >= 0.6 is 0 Å². The SMILES string of the molecule is CC(C)c1cnc2cccc(C(=O)O)c2n1. The monoisotopic (exact) mass is 216 g/mol. The summed E-state index contributed by atoms with van der Waals surface area (Å²) in [5.74, 6) is -0.737. The summed E-state index contributed by atoms with van der Waals surface area (Å²) in [6.07, 6.45) is 1.69. The van der Waals surface area contributed by atoms with Gasteiger partial charge < -0.3 is 5.11 Å². The fourth-order valence-corrected chi connectivity index (χ4v) is 1.50. The Hall–Kier alpha value is -1.97. The Morgan fingerprint density at radius 2 is 2.12 bits per heavy atom. The van der Waals surface area contributed by atoms with E-state index < -0.39 is 5.97 Å². The molecular formula is C12H12N2O2. The molecule has 0 amide bonds. The van der Waals surface area contributed by atoms with Crippen LogP contribution in [0.25, 0.3) is 11.0 Å². The normalized spacial score (nSPS) is 10.9. The standard InChI is InChI=1S/C12H12N2O2/c1-7(2)10-6-13-9-5-3-4-8(12(15)16)11(9)14-10/h3-7H,1-2H3,(H,15,16). The van der Waals surface area contributed by atoms with E-state index in [1.54, 1.807) is 24.4 Å². The first kappa shape index (κ1) is 10.5. The molecule has 0 unspecified atom stereocenters. The number of carbonyl (C=O) groups is 1. The van der Waals surface area contributed by atoms with Crippen LogP contribution in [0.1, 0.15) is 35.8 Å². The van der Waals surface area contributed by atoms with Crippen molar-refractivity contribution in [1.29, 1.82) is 0 Å². The van der Waals surface area contributed by atoms with Crippen molar-refractivity contribution in [2.45, 2.75) is 19.8 Å². The molecule has 0 aliphatic carbocycles. The lowest BCUT2D eigenvalue weighted by atomic mass is 10.1. The molecule has 1 N–H and O–H groups in total. The van der Waals surface area contributed by atoms with Gasteiger partial charge in [-0.15, -0.1) is 0 Å². The van der Waals surface area contributed by atoms with Crippen molar-refractivity contribution >= 4 is 17.0 Å². The molecule has 1 aromatic carbocycles. The topological polar surface area (TPSA) is 63.1 Å². The fourth-order valence-electron chi connectivity index (χ4n) is 1.50. The molecule has 0 atom stereocenters. The number of nitrogens with zero attached hydrogens (tertiary/aromatic N) is 2. The minimum Gasteiger partial charge on any atom is -0.478 e. The van der Waals surface area contributed by atoms with Gasteiger partial charge >= 0.3 is 5.97 Å². The summed E-state index contributed by atoms with van der Waals surface area (Å²) >= 11 is 0. The minimum absolute atomic E-state index is 0.201. The van der Waals surface area contributed by atoms with Gasteiger partial charge in [0.15, 0.2) is 0 Å². The number of aromatic nitrogens is 2. The number of aromatic carboxylic acids is 1. The number of carboxylic acid groups (broad SMARTS) is 1. The Morgan fingerprint density at radius 3 is 2.75 bits per heavy atom. The average Bonchev–Trinajstić information content (AvgIpc) is 2.27. The summed E-state index contributed by atoms with van der Waals surface area (Å²) in [7, 11) is 0. The predicted molar refractivity (Wildman–Crippen MR) is 60.6 cm³/mol. The third-order valence-corrected chi connectivity index (χ3v) is 2.41. The molecule has 0 aliphatic rings. The molecule has 0 saturated heterocycles. The van der Waals surface area contributed by atoms with E-state index in [9.17, 15) is 4.79 Å². The number of benzene rings is 1. The van der Waals surface area contributed by atoms with Gasteiger partial charge in [0.05, 0.1) is 16.8 Å². The summed E-state index contributed by atoms with van der Waals surface area (Å²) in [6, 6.07) is 4.98. The largest absolute Gasteiger partial charge is 0.478 e. The van der Waals surface area contributed by atoms with Crippen LogP contribution < -0.4 is 0 Å². The molecule has 0 saturated carbocycles. The van der Waals surface area contributed by atoms with E-state index in [1.807, 2.05) is 13.8 Å². The number of para-hydroxylation sites is 1. The van der Waals surface area contributed by atoms with Crippen LogP contribution in [0, 0.1) is 0 Å². The van der Waals surface area contributed by atoms with Crippen molar-refractivity contribution in [3.63, 3.8) is 0 Å². The number of fused-ring (bicyclic) bond motifs is 1. The highest BCUT2D eigenvalue weighted by molar-refractivity contribution is 6.00. The fraction of sp³-hybridized carbons (Fsp3) is 0.250. The smallest absolute Gasteiger partial charge is 0.337 e. The first-order chi connectivity index (χ1) is 7.59. The molecule has 1 aromatic heterocycles. The van der Waals surface area contributed by atoms with E-state index in [0.29, 0.717) is 11.0 Å². The van der Waals surface area contributed by atoms with Gasteiger partial charge in [-0.05, 0) is 18.1 Å². The molecule has 82 valence electrons. The summed E-state index contributed by atoms with van der Waals surface area (Å²) in [6.45, 7) is 4.00. The highest BCUT2D eigenvalue weighted by atomic mass is 16.4.